The number of carbonyl (C=O) groups excluding carboxylic acids is 2. The summed E-state index contributed by atoms with van der Waals surface area (Å²) >= 11 is 1.26. The van der Waals surface area contributed by atoms with Gasteiger partial charge in [-0.25, -0.2) is 14.6 Å². The summed E-state index contributed by atoms with van der Waals surface area (Å²) in [5.41, 5.74) is 5.07. The first-order valence-corrected chi connectivity index (χ1v) is 18.0. The number of esters is 2. The number of hydrogen-bond donors (Lipinski definition) is 0. The summed E-state index contributed by atoms with van der Waals surface area (Å²) in [6.45, 7) is 4.53. The third-order valence-corrected chi connectivity index (χ3v) is 10.0. The van der Waals surface area contributed by atoms with Gasteiger partial charge in [-0.3, -0.25) is 9.36 Å². The van der Waals surface area contributed by atoms with Crippen LogP contribution in [0.4, 0.5) is 0 Å². The summed E-state index contributed by atoms with van der Waals surface area (Å²) in [6, 6.07) is 29.3. The van der Waals surface area contributed by atoms with E-state index >= 15 is 0 Å². The first kappa shape index (κ1) is 35.2. The van der Waals surface area contributed by atoms with Crippen LogP contribution in [-0.4, -0.2) is 48.5 Å². The maximum atomic E-state index is 14.6. The average molecular weight is 728 g/mol. The smallest absolute Gasteiger partial charge is 0.338 e. The monoisotopic (exact) mass is 727 g/mol. The molecule has 0 saturated heterocycles. The van der Waals surface area contributed by atoms with Crippen molar-refractivity contribution in [3.8, 4) is 11.5 Å². The second kappa shape index (κ2) is 15.2. The highest BCUT2D eigenvalue weighted by atomic mass is 32.1. The van der Waals surface area contributed by atoms with Crippen LogP contribution in [0.1, 0.15) is 52.5 Å². The van der Waals surface area contributed by atoms with Crippen LogP contribution in [0.5, 0.6) is 11.5 Å². The molecule has 53 heavy (non-hydrogen) atoms. The minimum Gasteiger partial charge on any atom is -0.493 e. The number of thiazole rings is 1. The molecule has 268 valence electrons. The molecule has 11 heteroatoms. The van der Waals surface area contributed by atoms with E-state index in [1.807, 2.05) is 85.1 Å². The van der Waals surface area contributed by atoms with Crippen LogP contribution in [0, 0.1) is 0 Å². The van der Waals surface area contributed by atoms with Crippen molar-refractivity contribution in [3.63, 3.8) is 0 Å². The number of rotatable bonds is 11. The van der Waals surface area contributed by atoms with Crippen molar-refractivity contribution in [1.29, 1.82) is 0 Å². The Morgan fingerprint density at radius 1 is 0.830 bits per heavy atom. The second-order valence-corrected chi connectivity index (χ2v) is 13.2. The lowest BCUT2D eigenvalue weighted by Crippen LogP contribution is -2.40. The van der Waals surface area contributed by atoms with Crippen molar-refractivity contribution in [2.24, 2.45) is 4.99 Å². The standard InChI is InChI=1S/C42H37N3O7S/c1-5-51-40(47)28-18-16-26(17-19-28)24-44-25-30(31-14-10-11-15-32(31)44)23-35-39(46)45-38(29-20-21-33(49-3)34(22-29)50-4)36(41(48)52-6-2)37(43-42(45)53-35)27-12-8-7-9-13-27/h7-23,25,38H,5-6,24H2,1-4H3/b35-23-/t38-/m1/s1. The number of fused-ring (bicyclic) bond motifs is 2. The number of para-hydroxylation sites is 1. The van der Waals surface area contributed by atoms with Crippen molar-refractivity contribution in [3.05, 3.63) is 156 Å². The van der Waals surface area contributed by atoms with Gasteiger partial charge in [-0.05, 0) is 61.4 Å². The molecule has 2 aromatic heterocycles. The molecular weight excluding hydrogens is 691 g/mol. The molecule has 0 bridgehead atoms. The molecule has 0 N–H and O–H groups in total. The Morgan fingerprint density at radius 3 is 2.25 bits per heavy atom. The topological polar surface area (TPSA) is 110 Å². The number of carbonyl (C=O) groups is 2. The van der Waals surface area contributed by atoms with Gasteiger partial charge in [0.05, 0.1) is 54.8 Å². The third-order valence-electron chi connectivity index (χ3n) is 9.02. The van der Waals surface area contributed by atoms with Crippen molar-refractivity contribution in [1.82, 2.24) is 9.13 Å². The average Bonchev–Trinajstić information content (AvgIpc) is 3.69. The van der Waals surface area contributed by atoms with Crippen LogP contribution in [0.3, 0.4) is 0 Å². The van der Waals surface area contributed by atoms with Gasteiger partial charge in [0.15, 0.2) is 16.3 Å². The van der Waals surface area contributed by atoms with Crippen molar-refractivity contribution < 1.29 is 28.5 Å². The van der Waals surface area contributed by atoms with Crippen molar-refractivity contribution >= 4 is 46.0 Å². The number of nitrogens with zero attached hydrogens (tertiary/aromatic N) is 3. The van der Waals surface area contributed by atoms with Crippen molar-refractivity contribution in [2.45, 2.75) is 26.4 Å². The van der Waals surface area contributed by atoms with E-state index in [4.69, 9.17) is 23.9 Å². The van der Waals surface area contributed by atoms with E-state index in [0.29, 0.717) is 50.8 Å². The molecule has 0 spiro atoms. The summed E-state index contributed by atoms with van der Waals surface area (Å²) in [4.78, 5) is 46.1. The number of benzene rings is 4. The molecule has 1 aliphatic heterocycles. The predicted molar refractivity (Wildman–Crippen MR) is 204 cm³/mol. The largest absolute Gasteiger partial charge is 0.493 e. The van der Waals surface area contributed by atoms with Crippen LogP contribution in [0.25, 0.3) is 22.7 Å². The minimum atomic E-state index is -0.874. The van der Waals surface area contributed by atoms with Gasteiger partial charge in [0, 0.05) is 34.8 Å². The highest BCUT2D eigenvalue weighted by molar-refractivity contribution is 7.07. The summed E-state index contributed by atoms with van der Waals surface area (Å²) in [7, 11) is 3.09. The molecular formula is C42H37N3O7S. The van der Waals surface area contributed by atoms with E-state index in [1.54, 1.807) is 56.9 Å². The lowest BCUT2D eigenvalue weighted by Gasteiger charge is -2.26. The summed E-state index contributed by atoms with van der Waals surface area (Å²) in [5, 5.41) is 0.968. The number of methoxy groups -OCH3 is 2. The zero-order chi connectivity index (χ0) is 37.1. The van der Waals surface area contributed by atoms with Gasteiger partial charge in [-0.2, -0.15) is 0 Å². The van der Waals surface area contributed by atoms with E-state index in [0.717, 1.165) is 27.6 Å². The van der Waals surface area contributed by atoms with E-state index < -0.39 is 12.0 Å². The molecule has 0 saturated carbocycles. The van der Waals surface area contributed by atoms with Crippen LogP contribution in [0.15, 0.2) is 119 Å². The summed E-state index contributed by atoms with van der Waals surface area (Å²) in [6.07, 6.45) is 3.90. The third kappa shape index (κ3) is 6.78. The van der Waals surface area contributed by atoms with Crippen LogP contribution in [-0.2, 0) is 20.8 Å². The number of ether oxygens (including phenoxy) is 4. The molecule has 0 fully saturated rings. The van der Waals surface area contributed by atoms with Gasteiger partial charge in [-0.1, -0.05) is 78.1 Å². The fourth-order valence-corrected chi connectivity index (χ4v) is 7.59. The molecule has 6 aromatic rings. The SMILES string of the molecule is CCOC(=O)C1=C(c2ccccc2)N=c2s/c(=C\c3cn(Cc4ccc(C(=O)OCC)cc4)c4ccccc34)c(=O)n2[C@@H]1c1ccc(OC)c(OC)c1. The minimum absolute atomic E-state index is 0.146. The van der Waals surface area contributed by atoms with Crippen molar-refractivity contribution in [2.75, 3.05) is 27.4 Å². The molecule has 0 amide bonds. The lowest BCUT2D eigenvalue weighted by atomic mass is 9.93. The zero-order valence-electron chi connectivity index (χ0n) is 29.7. The summed E-state index contributed by atoms with van der Waals surface area (Å²) < 4.78 is 26.0. The predicted octanol–water partition coefficient (Wildman–Crippen LogP) is 6.13. The van der Waals surface area contributed by atoms with Gasteiger partial charge in [0.2, 0.25) is 0 Å². The molecule has 0 radical (unpaired) electrons. The molecule has 1 atom stereocenters. The lowest BCUT2D eigenvalue weighted by molar-refractivity contribution is -0.138. The maximum Gasteiger partial charge on any atom is 0.338 e. The van der Waals surface area contributed by atoms with Gasteiger partial charge >= 0.3 is 11.9 Å². The van der Waals surface area contributed by atoms with E-state index in [2.05, 4.69) is 4.57 Å². The van der Waals surface area contributed by atoms with Gasteiger partial charge in [0.25, 0.3) is 5.56 Å². The Hall–Kier alpha value is -6.20. The fourth-order valence-electron chi connectivity index (χ4n) is 6.60. The van der Waals surface area contributed by atoms with Crippen LogP contribution >= 0.6 is 11.3 Å². The summed E-state index contributed by atoms with van der Waals surface area (Å²) in [5.74, 6) is 0.0484. The Kier molecular flexibility index (Phi) is 10.1. The Labute approximate surface area is 309 Å². The van der Waals surface area contributed by atoms with E-state index in [9.17, 15) is 14.4 Å². The Morgan fingerprint density at radius 2 is 1.53 bits per heavy atom. The molecule has 0 aliphatic carbocycles. The van der Waals surface area contributed by atoms with E-state index in [1.165, 1.54) is 11.3 Å². The first-order chi connectivity index (χ1) is 25.8. The van der Waals surface area contributed by atoms with Crippen LogP contribution < -0.4 is 24.4 Å². The van der Waals surface area contributed by atoms with E-state index in [-0.39, 0.29) is 23.7 Å². The molecule has 10 nitrogen and oxygen atoms in total. The van der Waals surface area contributed by atoms with Gasteiger partial charge in [0.1, 0.15) is 0 Å². The highest BCUT2D eigenvalue weighted by Crippen LogP contribution is 2.38. The molecule has 0 unspecified atom stereocenters. The van der Waals surface area contributed by atoms with Gasteiger partial charge in [-0.15, -0.1) is 0 Å². The molecule has 7 rings (SSSR count). The Bertz CT molecular complexity index is 2550. The highest BCUT2D eigenvalue weighted by Gasteiger charge is 2.35. The van der Waals surface area contributed by atoms with Crippen LogP contribution in [0.2, 0.25) is 0 Å². The quantitative estimate of drug-likeness (QED) is 0.148. The molecule has 4 aromatic carbocycles. The Balaban J connectivity index is 1.39. The second-order valence-electron chi connectivity index (χ2n) is 12.2. The van der Waals surface area contributed by atoms with Gasteiger partial charge < -0.3 is 23.5 Å². The molecule has 1 aliphatic rings. The molecule has 3 heterocycles. The maximum absolute atomic E-state index is 14.6. The number of hydrogen-bond acceptors (Lipinski definition) is 9. The fraction of sp³-hybridized carbons (Fsp3) is 0.190. The normalized spacial score (nSPS) is 14.1. The first-order valence-electron chi connectivity index (χ1n) is 17.2. The zero-order valence-corrected chi connectivity index (χ0v) is 30.5. The number of aromatic nitrogens is 2.